The van der Waals surface area contributed by atoms with E-state index in [4.69, 9.17) is 0 Å². The molecule has 0 amide bonds. The van der Waals surface area contributed by atoms with Gasteiger partial charge in [-0.2, -0.15) is 0 Å². The van der Waals surface area contributed by atoms with Crippen LogP contribution in [0, 0.1) is 0 Å². The number of rotatable bonds is 6. The van der Waals surface area contributed by atoms with Crippen molar-refractivity contribution in [3.63, 3.8) is 0 Å². The second-order valence-electron chi connectivity index (χ2n) is 5.00. The molecule has 7 nitrogen and oxygen atoms in total. The third kappa shape index (κ3) is 3.84. The van der Waals surface area contributed by atoms with E-state index in [0.29, 0.717) is 5.16 Å². The summed E-state index contributed by atoms with van der Waals surface area (Å²) in [5.74, 6) is 1.81. The van der Waals surface area contributed by atoms with E-state index in [0.717, 1.165) is 29.6 Å². The summed E-state index contributed by atoms with van der Waals surface area (Å²) in [6.45, 7) is 7.07. The van der Waals surface area contributed by atoms with Crippen molar-refractivity contribution in [2.24, 2.45) is 7.05 Å². The fourth-order valence-electron chi connectivity index (χ4n) is 1.61. The van der Waals surface area contributed by atoms with Gasteiger partial charge >= 0.3 is 5.69 Å². The topological polar surface area (TPSA) is 88.5 Å². The van der Waals surface area contributed by atoms with Crippen LogP contribution >= 0.6 is 11.8 Å². The predicted octanol–water partition coefficient (Wildman–Crippen LogP) is 1.99. The smallest absolute Gasteiger partial charge is 0.343 e. The summed E-state index contributed by atoms with van der Waals surface area (Å²) >= 11 is 1.34. The Bertz CT molecular complexity index is 663. The summed E-state index contributed by atoms with van der Waals surface area (Å²) in [4.78, 5) is 20.4. The molecule has 0 unspecified atom stereocenters. The molecular formula is C13H20N6OS. The maximum atomic E-state index is 11.4. The molecule has 0 aliphatic carbocycles. The van der Waals surface area contributed by atoms with Gasteiger partial charge in [-0.1, -0.05) is 20.8 Å². The lowest BCUT2D eigenvalue weighted by Gasteiger charge is -2.10. The zero-order chi connectivity index (χ0) is 15.4. The number of H-pyrrole nitrogens is 1. The third-order valence-electron chi connectivity index (χ3n) is 2.83. The van der Waals surface area contributed by atoms with Crippen molar-refractivity contribution in [1.29, 1.82) is 0 Å². The van der Waals surface area contributed by atoms with Gasteiger partial charge in [0, 0.05) is 25.6 Å². The van der Waals surface area contributed by atoms with Crippen LogP contribution < -0.4 is 11.0 Å². The molecule has 0 saturated carbocycles. The number of nitrogens with one attached hydrogen (secondary N) is 2. The van der Waals surface area contributed by atoms with Gasteiger partial charge in [-0.3, -0.25) is 4.57 Å². The van der Waals surface area contributed by atoms with Gasteiger partial charge in [-0.25, -0.2) is 19.9 Å². The molecule has 0 bridgehead atoms. The molecule has 114 valence electrons. The van der Waals surface area contributed by atoms with Gasteiger partial charge in [0.15, 0.2) is 5.16 Å². The molecule has 2 rings (SSSR count). The predicted molar refractivity (Wildman–Crippen MR) is 82.9 cm³/mol. The van der Waals surface area contributed by atoms with Gasteiger partial charge in [0.05, 0.1) is 0 Å². The summed E-state index contributed by atoms with van der Waals surface area (Å²) in [6, 6.07) is 1.88. The van der Waals surface area contributed by atoms with Crippen molar-refractivity contribution >= 4 is 17.6 Å². The molecule has 21 heavy (non-hydrogen) atoms. The molecule has 0 atom stereocenters. The summed E-state index contributed by atoms with van der Waals surface area (Å²) in [6.07, 6.45) is 1.03. The molecule has 0 aliphatic rings. The summed E-state index contributed by atoms with van der Waals surface area (Å²) < 4.78 is 1.46. The fourth-order valence-corrected chi connectivity index (χ4v) is 2.42. The van der Waals surface area contributed by atoms with E-state index in [1.165, 1.54) is 16.3 Å². The zero-order valence-electron chi connectivity index (χ0n) is 12.7. The Labute approximate surface area is 127 Å². The molecule has 2 aromatic rings. The first-order valence-corrected chi connectivity index (χ1v) is 7.75. The Morgan fingerprint density at radius 1 is 1.43 bits per heavy atom. The Hall–Kier alpha value is -1.83. The summed E-state index contributed by atoms with van der Waals surface area (Å²) in [7, 11) is 1.68. The van der Waals surface area contributed by atoms with Gasteiger partial charge < -0.3 is 5.32 Å². The van der Waals surface area contributed by atoms with Crippen LogP contribution in [0.25, 0.3) is 0 Å². The maximum absolute atomic E-state index is 11.4. The van der Waals surface area contributed by atoms with Crippen LogP contribution in [0.5, 0.6) is 0 Å². The number of aromatic nitrogens is 5. The minimum Gasteiger partial charge on any atom is -0.370 e. The van der Waals surface area contributed by atoms with E-state index in [-0.39, 0.29) is 11.6 Å². The van der Waals surface area contributed by atoms with E-state index in [9.17, 15) is 4.79 Å². The van der Waals surface area contributed by atoms with Gasteiger partial charge in [-0.15, -0.1) is 5.10 Å². The minimum absolute atomic E-state index is 0.232. The highest BCUT2D eigenvalue weighted by Crippen LogP contribution is 2.26. The molecule has 8 heteroatoms. The largest absolute Gasteiger partial charge is 0.370 e. The Kier molecular flexibility index (Phi) is 5.00. The van der Waals surface area contributed by atoms with Crippen LogP contribution in [0.2, 0.25) is 0 Å². The summed E-state index contributed by atoms with van der Waals surface area (Å²) in [5, 5.41) is 11.0. The van der Waals surface area contributed by atoms with Crippen molar-refractivity contribution in [1.82, 2.24) is 24.7 Å². The summed E-state index contributed by atoms with van der Waals surface area (Å²) in [5.41, 5.74) is -0.236. The van der Waals surface area contributed by atoms with Crippen LogP contribution in [-0.4, -0.2) is 31.3 Å². The van der Waals surface area contributed by atoms with Gasteiger partial charge in [0.1, 0.15) is 16.7 Å². The fraction of sp³-hybridized carbons (Fsp3) is 0.538. The van der Waals surface area contributed by atoms with E-state index >= 15 is 0 Å². The molecule has 0 aliphatic heterocycles. The second-order valence-corrected chi connectivity index (χ2v) is 5.99. The maximum Gasteiger partial charge on any atom is 0.343 e. The first-order valence-electron chi connectivity index (χ1n) is 6.93. The highest BCUT2D eigenvalue weighted by molar-refractivity contribution is 7.99. The SMILES string of the molecule is CCCNc1cc(Sc2n[nH]c(=O)n2C)nc(C(C)C)n1. The molecule has 0 spiro atoms. The quantitative estimate of drug-likeness (QED) is 0.793. The van der Waals surface area contributed by atoms with E-state index < -0.39 is 0 Å². The molecule has 0 radical (unpaired) electrons. The second kappa shape index (κ2) is 6.75. The molecular weight excluding hydrogens is 288 g/mol. The van der Waals surface area contributed by atoms with Crippen molar-refractivity contribution in [2.75, 3.05) is 11.9 Å². The van der Waals surface area contributed by atoms with Crippen molar-refractivity contribution in [3.05, 3.63) is 22.4 Å². The lowest BCUT2D eigenvalue weighted by molar-refractivity contribution is 0.745. The average molecular weight is 308 g/mol. The highest BCUT2D eigenvalue weighted by Gasteiger charge is 2.12. The molecule has 2 aromatic heterocycles. The molecule has 0 saturated heterocycles. The van der Waals surface area contributed by atoms with Crippen LogP contribution in [0.3, 0.4) is 0 Å². The van der Waals surface area contributed by atoms with E-state index in [2.05, 4.69) is 46.3 Å². The standard InChI is InChI=1S/C13H20N6OS/c1-5-6-14-9-7-10(16-11(15-9)8(2)3)21-13-18-17-12(20)19(13)4/h7-8H,5-6H2,1-4H3,(H,17,20)(H,14,15,16). The normalized spacial score (nSPS) is 11.1. The zero-order valence-corrected chi connectivity index (χ0v) is 13.5. The molecule has 0 fully saturated rings. The number of aromatic amines is 1. The number of hydrogen-bond acceptors (Lipinski definition) is 6. The lowest BCUT2D eigenvalue weighted by Crippen LogP contribution is -2.13. The molecule has 2 N–H and O–H groups in total. The van der Waals surface area contributed by atoms with Crippen LogP contribution in [0.15, 0.2) is 21.0 Å². The van der Waals surface area contributed by atoms with Crippen molar-refractivity contribution in [2.45, 2.75) is 43.3 Å². The number of nitrogens with zero attached hydrogens (tertiary/aromatic N) is 4. The van der Waals surface area contributed by atoms with Gasteiger partial charge in [-0.05, 0) is 18.2 Å². The number of anilines is 1. The van der Waals surface area contributed by atoms with Gasteiger partial charge in [0.2, 0.25) is 0 Å². The first kappa shape index (κ1) is 15.6. The Morgan fingerprint density at radius 2 is 2.19 bits per heavy atom. The van der Waals surface area contributed by atoms with Crippen molar-refractivity contribution < 1.29 is 0 Å². The Morgan fingerprint density at radius 3 is 2.76 bits per heavy atom. The molecule has 2 heterocycles. The van der Waals surface area contributed by atoms with E-state index in [1.807, 2.05) is 6.07 Å². The lowest BCUT2D eigenvalue weighted by atomic mass is 10.2. The monoisotopic (exact) mass is 308 g/mol. The van der Waals surface area contributed by atoms with E-state index in [1.54, 1.807) is 7.05 Å². The van der Waals surface area contributed by atoms with Gasteiger partial charge in [0.25, 0.3) is 0 Å². The average Bonchev–Trinajstić information content (AvgIpc) is 2.77. The highest BCUT2D eigenvalue weighted by atomic mass is 32.2. The van der Waals surface area contributed by atoms with Crippen molar-refractivity contribution in [3.8, 4) is 0 Å². The Balaban J connectivity index is 2.31. The minimum atomic E-state index is -0.236. The van der Waals surface area contributed by atoms with Crippen LogP contribution in [-0.2, 0) is 7.05 Å². The molecule has 0 aromatic carbocycles. The van der Waals surface area contributed by atoms with Crippen LogP contribution in [0.1, 0.15) is 38.9 Å². The number of hydrogen-bond donors (Lipinski definition) is 2. The third-order valence-corrected chi connectivity index (χ3v) is 3.79. The first-order chi connectivity index (χ1) is 10.0. The van der Waals surface area contributed by atoms with Crippen LogP contribution in [0.4, 0.5) is 5.82 Å².